The van der Waals surface area contributed by atoms with E-state index in [1.54, 1.807) is 0 Å². The van der Waals surface area contributed by atoms with Gasteiger partial charge in [0.2, 0.25) is 0 Å². The number of β-amino-alcohol motifs (C(OH)–C–C–N with tert-alkyl or cyclic N) is 1. The first-order chi connectivity index (χ1) is 13.0. The molecule has 1 aliphatic rings. The first-order valence-corrected chi connectivity index (χ1v) is 10.5. The Morgan fingerprint density at radius 1 is 1.21 bits per heavy atom. The first kappa shape index (κ1) is 22.7. The van der Waals surface area contributed by atoms with Crippen LogP contribution in [0.25, 0.3) is 0 Å². The van der Waals surface area contributed by atoms with Gasteiger partial charge in [-0.2, -0.15) is 0 Å². The minimum atomic E-state index is -0.992. The third-order valence-electron chi connectivity index (χ3n) is 5.73. The Labute approximate surface area is 170 Å². The number of nitrogens with zero attached hydrogens (tertiary/aromatic N) is 1. The van der Waals surface area contributed by atoms with Gasteiger partial charge in [-0.25, -0.2) is 4.79 Å². The highest BCUT2D eigenvalue weighted by Gasteiger charge is 2.43. The Kier molecular flexibility index (Phi) is 7.52. The molecule has 0 bridgehead atoms. The molecule has 0 heterocycles. The summed E-state index contributed by atoms with van der Waals surface area (Å²) in [5.74, 6) is 0.665. The van der Waals surface area contributed by atoms with Crippen LogP contribution in [0.1, 0.15) is 65.9 Å². The van der Waals surface area contributed by atoms with E-state index >= 15 is 0 Å². The van der Waals surface area contributed by atoms with Crippen molar-refractivity contribution in [3.63, 3.8) is 0 Å². The fraction of sp³-hybridized carbons (Fsp3) is 0.696. The molecular formula is C23H38N2O3. The molecule has 1 aromatic rings. The van der Waals surface area contributed by atoms with Crippen LogP contribution in [0.5, 0.6) is 0 Å². The zero-order valence-electron chi connectivity index (χ0n) is 18.1. The van der Waals surface area contributed by atoms with E-state index in [1.807, 2.05) is 51.1 Å². The van der Waals surface area contributed by atoms with Crippen LogP contribution in [-0.2, 0) is 6.42 Å². The second-order valence-electron chi connectivity index (χ2n) is 9.74. The van der Waals surface area contributed by atoms with Crippen molar-refractivity contribution in [3.05, 3.63) is 35.9 Å². The Morgan fingerprint density at radius 2 is 1.82 bits per heavy atom. The number of carbonyl (C=O) groups is 1. The van der Waals surface area contributed by atoms with Gasteiger partial charge in [0.05, 0.1) is 12.1 Å². The van der Waals surface area contributed by atoms with Crippen LogP contribution < -0.4 is 5.32 Å². The van der Waals surface area contributed by atoms with Crippen LogP contribution in [0.3, 0.4) is 0 Å². The van der Waals surface area contributed by atoms with Crippen LogP contribution in [0.4, 0.5) is 4.79 Å². The fourth-order valence-electron chi connectivity index (χ4n) is 3.87. The standard InChI is InChI=1S/C23H38N2O3/c1-17(2)11-12-23(13-14-23)24-16-20(26)19(15-18-9-7-6-8-10-18)25(21(27)28)22(3,4)5/h6-10,17,19-20,24,26H,11-16H2,1-5H3,(H,27,28)/t19-,20-/m0/s1. The smallest absolute Gasteiger partial charge is 0.408 e. The normalized spacial score (nSPS) is 18.0. The summed E-state index contributed by atoms with van der Waals surface area (Å²) in [6.07, 6.45) is 3.28. The van der Waals surface area contributed by atoms with E-state index in [0.29, 0.717) is 18.9 Å². The molecule has 0 saturated heterocycles. The van der Waals surface area contributed by atoms with Gasteiger partial charge in [0.25, 0.3) is 0 Å². The molecule has 0 radical (unpaired) electrons. The van der Waals surface area contributed by atoms with Crippen LogP contribution in [0, 0.1) is 5.92 Å². The molecule has 1 amide bonds. The summed E-state index contributed by atoms with van der Waals surface area (Å²) in [6.45, 7) is 10.5. The fourth-order valence-corrected chi connectivity index (χ4v) is 3.87. The van der Waals surface area contributed by atoms with E-state index in [4.69, 9.17) is 0 Å². The van der Waals surface area contributed by atoms with Crippen molar-refractivity contribution in [3.8, 4) is 0 Å². The van der Waals surface area contributed by atoms with Crippen LogP contribution >= 0.6 is 0 Å². The molecule has 1 aliphatic carbocycles. The molecule has 2 atom stereocenters. The maximum atomic E-state index is 12.1. The SMILES string of the molecule is CC(C)CCC1(NC[C@H](O)[C@H](Cc2ccccc2)N(C(=O)O)C(C)(C)C)CC1. The number of hydrogen-bond donors (Lipinski definition) is 3. The van der Waals surface area contributed by atoms with Crippen molar-refractivity contribution in [1.29, 1.82) is 0 Å². The minimum absolute atomic E-state index is 0.137. The third-order valence-corrected chi connectivity index (χ3v) is 5.73. The number of aliphatic hydroxyl groups excluding tert-OH is 1. The third kappa shape index (κ3) is 6.49. The van der Waals surface area contributed by atoms with Crippen molar-refractivity contribution >= 4 is 6.09 Å². The minimum Gasteiger partial charge on any atom is -0.465 e. The predicted molar refractivity (Wildman–Crippen MR) is 114 cm³/mol. The maximum absolute atomic E-state index is 12.1. The van der Waals surface area contributed by atoms with Gasteiger partial charge < -0.3 is 15.5 Å². The quantitative estimate of drug-likeness (QED) is 0.557. The summed E-state index contributed by atoms with van der Waals surface area (Å²) in [5, 5.41) is 24.5. The molecule has 5 heteroatoms. The van der Waals surface area contributed by atoms with Crippen LogP contribution in [-0.4, -0.2) is 51.0 Å². The Bertz CT molecular complexity index is 620. The van der Waals surface area contributed by atoms with Crippen molar-refractivity contribution in [2.24, 2.45) is 5.92 Å². The topological polar surface area (TPSA) is 72.8 Å². The molecule has 1 fully saturated rings. The highest BCUT2D eigenvalue weighted by molar-refractivity contribution is 5.66. The molecule has 2 rings (SSSR count). The number of amides is 1. The number of hydrogen-bond acceptors (Lipinski definition) is 3. The van der Waals surface area contributed by atoms with Crippen molar-refractivity contribution < 1.29 is 15.0 Å². The average molecular weight is 391 g/mol. The van der Waals surface area contributed by atoms with E-state index in [2.05, 4.69) is 19.2 Å². The van der Waals surface area contributed by atoms with Gasteiger partial charge in [-0.3, -0.25) is 4.90 Å². The highest BCUT2D eigenvalue weighted by Crippen LogP contribution is 2.40. The van der Waals surface area contributed by atoms with E-state index in [0.717, 1.165) is 24.8 Å². The number of rotatable bonds is 10. The molecular weight excluding hydrogens is 352 g/mol. The summed E-state index contributed by atoms with van der Waals surface area (Å²) >= 11 is 0. The lowest BCUT2D eigenvalue weighted by atomic mass is 9.94. The number of benzene rings is 1. The van der Waals surface area contributed by atoms with Gasteiger partial charge in [-0.05, 0) is 64.4 Å². The first-order valence-electron chi connectivity index (χ1n) is 10.5. The van der Waals surface area contributed by atoms with E-state index < -0.39 is 23.8 Å². The summed E-state index contributed by atoms with van der Waals surface area (Å²) in [5.41, 5.74) is 0.572. The monoisotopic (exact) mass is 390 g/mol. The molecule has 1 saturated carbocycles. The summed E-state index contributed by atoms with van der Waals surface area (Å²) in [7, 11) is 0. The molecule has 1 aromatic carbocycles. The summed E-state index contributed by atoms with van der Waals surface area (Å²) < 4.78 is 0. The Hall–Kier alpha value is -1.59. The highest BCUT2D eigenvalue weighted by atomic mass is 16.4. The van der Waals surface area contributed by atoms with Gasteiger partial charge in [-0.1, -0.05) is 44.2 Å². The molecule has 5 nitrogen and oxygen atoms in total. The number of aliphatic hydroxyl groups is 1. The number of nitrogens with one attached hydrogen (secondary N) is 1. The predicted octanol–water partition coefficient (Wildman–Crippen LogP) is 4.30. The zero-order chi connectivity index (χ0) is 20.9. The van der Waals surface area contributed by atoms with E-state index in [9.17, 15) is 15.0 Å². The summed E-state index contributed by atoms with van der Waals surface area (Å²) in [6, 6.07) is 9.31. The van der Waals surface area contributed by atoms with Gasteiger partial charge >= 0.3 is 6.09 Å². The molecule has 0 aliphatic heterocycles. The van der Waals surface area contributed by atoms with Gasteiger partial charge in [-0.15, -0.1) is 0 Å². The average Bonchev–Trinajstić information content (AvgIpc) is 3.37. The molecule has 0 aromatic heterocycles. The Balaban J connectivity index is 2.12. The lowest BCUT2D eigenvalue weighted by Crippen LogP contribution is -2.58. The second-order valence-corrected chi connectivity index (χ2v) is 9.74. The largest absolute Gasteiger partial charge is 0.465 e. The van der Waals surface area contributed by atoms with Gasteiger partial charge in [0, 0.05) is 17.6 Å². The van der Waals surface area contributed by atoms with E-state index in [-0.39, 0.29) is 5.54 Å². The molecule has 0 spiro atoms. The lowest BCUT2D eigenvalue weighted by Gasteiger charge is -2.42. The number of carboxylic acid groups (broad SMARTS) is 1. The van der Waals surface area contributed by atoms with Crippen molar-refractivity contribution in [2.45, 2.75) is 89.9 Å². The molecule has 28 heavy (non-hydrogen) atoms. The van der Waals surface area contributed by atoms with Gasteiger partial charge in [0.1, 0.15) is 0 Å². The molecule has 158 valence electrons. The maximum Gasteiger partial charge on any atom is 0.408 e. The lowest BCUT2D eigenvalue weighted by molar-refractivity contribution is 0.00638. The van der Waals surface area contributed by atoms with Crippen molar-refractivity contribution in [2.75, 3.05) is 6.54 Å². The van der Waals surface area contributed by atoms with Crippen LogP contribution in [0.15, 0.2) is 30.3 Å². The summed E-state index contributed by atoms with van der Waals surface area (Å²) in [4.78, 5) is 13.5. The molecule has 3 N–H and O–H groups in total. The van der Waals surface area contributed by atoms with Gasteiger partial charge in [0.15, 0.2) is 0 Å². The second kappa shape index (κ2) is 9.27. The van der Waals surface area contributed by atoms with Crippen LogP contribution in [0.2, 0.25) is 0 Å². The van der Waals surface area contributed by atoms with E-state index in [1.165, 1.54) is 11.3 Å². The molecule has 0 unspecified atom stereocenters. The van der Waals surface area contributed by atoms with Crippen molar-refractivity contribution in [1.82, 2.24) is 10.2 Å². The zero-order valence-corrected chi connectivity index (χ0v) is 18.1. The Morgan fingerprint density at radius 3 is 2.29 bits per heavy atom.